The van der Waals surface area contributed by atoms with Gasteiger partial charge in [0.25, 0.3) is 0 Å². The van der Waals surface area contributed by atoms with E-state index in [1.54, 1.807) is 0 Å². The molecule has 0 aliphatic rings. The summed E-state index contributed by atoms with van der Waals surface area (Å²) in [6, 6.07) is 1.26. The summed E-state index contributed by atoms with van der Waals surface area (Å²) < 4.78 is 5.78. The van der Waals surface area contributed by atoms with E-state index < -0.39 is 8.32 Å². The van der Waals surface area contributed by atoms with Gasteiger partial charge in [-0.2, -0.15) is 0 Å². The highest BCUT2D eigenvalue weighted by Gasteiger charge is 2.20. The normalized spacial score (nSPS) is 12.4. The highest BCUT2D eigenvalue weighted by atomic mass is 28.4. The fourth-order valence-corrected chi connectivity index (χ4v) is 3.48. The smallest absolute Gasteiger partial charge is 0.186 e. The van der Waals surface area contributed by atoms with Gasteiger partial charge in [-0.25, -0.2) is 0 Å². The summed E-state index contributed by atoms with van der Waals surface area (Å²) in [6.45, 7) is 10.9. The minimum absolute atomic E-state index is 0.868. The number of nitrogens with zero attached hydrogens (tertiary/aromatic N) is 1. The molecule has 0 amide bonds. The van der Waals surface area contributed by atoms with Crippen molar-refractivity contribution in [2.75, 3.05) is 40.3 Å². The zero-order valence-electron chi connectivity index (χ0n) is 11.1. The lowest BCUT2D eigenvalue weighted by atomic mass is 10.4. The summed E-state index contributed by atoms with van der Waals surface area (Å²) in [4.78, 5) is 2.20. The third kappa shape index (κ3) is 10.4. The van der Waals surface area contributed by atoms with Gasteiger partial charge in [0.05, 0.1) is 0 Å². The van der Waals surface area contributed by atoms with Crippen LogP contribution in [0.3, 0.4) is 0 Å². The van der Waals surface area contributed by atoms with Crippen LogP contribution in [-0.2, 0) is 4.43 Å². The van der Waals surface area contributed by atoms with Crippen molar-refractivity contribution < 1.29 is 4.43 Å². The SMILES string of the molecule is CCO[Si](C)(C)CCCNCCN(C)C. The van der Waals surface area contributed by atoms with E-state index in [0.29, 0.717) is 0 Å². The van der Waals surface area contributed by atoms with Crippen molar-refractivity contribution in [3.05, 3.63) is 0 Å². The second-order valence-corrected chi connectivity index (χ2v) is 9.16. The molecule has 1 N–H and O–H groups in total. The van der Waals surface area contributed by atoms with Crippen LogP contribution in [0.25, 0.3) is 0 Å². The van der Waals surface area contributed by atoms with Crippen LogP contribution in [0.5, 0.6) is 0 Å². The van der Waals surface area contributed by atoms with Gasteiger partial charge < -0.3 is 14.6 Å². The molecule has 0 radical (unpaired) electrons. The number of rotatable bonds is 9. The molecule has 0 aromatic heterocycles. The Morgan fingerprint density at radius 2 is 1.87 bits per heavy atom. The quantitative estimate of drug-likeness (QED) is 0.484. The van der Waals surface area contributed by atoms with Crippen LogP contribution in [0.2, 0.25) is 19.1 Å². The predicted octanol–water partition coefficient (Wildman–Crippen LogP) is 1.77. The molecule has 4 heteroatoms. The molecule has 3 nitrogen and oxygen atoms in total. The van der Waals surface area contributed by atoms with Crippen molar-refractivity contribution in [1.29, 1.82) is 0 Å². The molecule has 0 unspecified atom stereocenters. The molecule has 0 aliphatic carbocycles. The van der Waals surface area contributed by atoms with Crippen LogP contribution in [0.4, 0.5) is 0 Å². The summed E-state index contributed by atoms with van der Waals surface area (Å²) in [5.74, 6) is 0. The van der Waals surface area contributed by atoms with E-state index in [1.165, 1.54) is 12.5 Å². The third-order valence-corrected chi connectivity index (χ3v) is 5.03. The molecular weight excluding hydrogens is 204 g/mol. The molecule has 0 atom stereocenters. The molecule has 0 aliphatic heterocycles. The molecule has 15 heavy (non-hydrogen) atoms. The lowest BCUT2D eigenvalue weighted by molar-refractivity contribution is 0.327. The molecule has 92 valence electrons. The Hall–Kier alpha value is 0.0969. The number of nitrogens with one attached hydrogen (secondary N) is 1. The van der Waals surface area contributed by atoms with Gasteiger partial charge in [0.1, 0.15) is 0 Å². The second-order valence-electron chi connectivity index (χ2n) is 4.85. The van der Waals surface area contributed by atoms with Crippen LogP contribution in [0, 0.1) is 0 Å². The third-order valence-electron chi connectivity index (χ3n) is 2.40. The number of likely N-dealkylation sites (N-methyl/N-ethyl adjacent to an activating group) is 1. The maximum Gasteiger partial charge on any atom is 0.186 e. The first-order chi connectivity index (χ1) is 6.98. The molecule has 0 spiro atoms. The minimum Gasteiger partial charge on any atom is -0.418 e. The zero-order chi connectivity index (χ0) is 11.7. The van der Waals surface area contributed by atoms with E-state index >= 15 is 0 Å². The van der Waals surface area contributed by atoms with Crippen molar-refractivity contribution in [2.24, 2.45) is 0 Å². The molecule has 0 aromatic carbocycles. The van der Waals surface area contributed by atoms with Gasteiger partial charge in [0, 0.05) is 19.7 Å². The second kappa shape index (κ2) is 8.27. The van der Waals surface area contributed by atoms with Crippen LogP contribution in [0.1, 0.15) is 13.3 Å². The van der Waals surface area contributed by atoms with Crippen LogP contribution < -0.4 is 5.32 Å². The molecule has 0 rings (SSSR count). The zero-order valence-corrected chi connectivity index (χ0v) is 12.1. The summed E-state index contributed by atoms with van der Waals surface area (Å²) in [5, 5.41) is 3.46. The van der Waals surface area contributed by atoms with Gasteiger partial charge in [-0.15, -0.1) is 0 Å². The first-order valence-electron chi connectivity index (χ1n) is 5.97. The Balaban J connectivity index is 3.30. The lowest BCUT2D eigenvalue weighted by Crippen LogP contribution is -2.32. The fourth-order valence-electron chi connectivity index (χ4n) is 1.53. The highest BCUT2D eigenvalue weighted by Crippen LogP contribution is 2.12. The van der Waals surface area contributed by atoms with E-state index in [4.69, 9.17) is 4.43 Å². The van der Waals surface area contributed by atoms with Gasteiger partial charge >= 0.3 is 0 Å². The summed E-state index contributed by atoms with van der Waals surface area (Å²) >= 11 is 0. The summed E-state index contributed by atoms with van der Waals surface area (Å²) in [5.41, 5.74) is 0. The largest absolute Gasteiger partial charge is 0.418 e. The fraction of sp³-hybridized carbons (Fsp3) is 1.00. The average Bonchev–Trinajstić information content (AvgIpc) is 2.10. The number of hydrogen-bond acceptors (Lipinski definition) is 3. The minimum atomic E-state index is -1.34. The van der Waals surface area contributed by atoms with E-state index in [-0.39, 0.29) is 0 Å². The maximum absolute atomic E-state index is 5.78. The van der Waals surface area contributed by atoms with Crippen LogP contribution in [0.15, 0.2) is 0 Å². The van der Waals surface area contributed by atoms with Gasteiger partial charge in [-0.1, -0.05) is 0 Å². The lowest BCUT2D eigenvalue weighted by Gasteiger charge is -2.21. The first kappa shape index (κ1) is 15.1. The van der Waals surface area contributed by atoms with Gasteiger partial charge in [0.15, 0.2) is 8.32 Å². The Kier molecular flexibility index (Phi) is 8.33. The monoisotopic (exact) mass is 232 g/mol. The Morgan fingerprint density at radius 3 is 2.40 bits per heavy atom. The Labute approximate surface area is 96.3 Å². The van der Waals surface area contributed by atoms with Crippen molar-refractivity contribution >= 4 is 8.32 Å². The van der Waals surface area contributed by atoms with Crippen molar-refractivity contribution in [2.45, 2.75) is 32.5 Å². The molecule has 0 fully saturated rings. The van der Waals surface area contributed by atoms with E-state index in [0.717, 1.165) is 26.2 Å². The average molecular weight is 232 g/mol. The molecule has 0 heterocycles. The predicted molar refractivity (Wildman–Crippen MR) is 70.0 cm³/mol. The summed E-state index contributed by atoms with van der Waals surface area (Å²) in [6.07, 6.45) is 1.24. The van der Waals surface area contributed by atoms with Crippen LogP contribution >= 0.6 is 0 Å². The van der Waals surface area contributed by atoms with E-state index in [1.807, 2.05) is 0 Å². The van der Waals surface area contributed by atoms with Crippen LogP contribution in [-0.4, -0.2) is 53.6 Å². The Bertz CT molecular complexity index is 152. The molecule has 0 saturated heterocycles. The summed E-state index contributed by atoms with van der Waals surface area (Å²) in [7, 11) is 2.87. The van der Waals surface area contributed by atoms with E-state index in [9.17, 15) is 0 Å². The molecule has 0 bridgehead atoms. The van der Waals surface area contributed by atoms with Gasteiger partial charge in [-0.05, 0) is 53.1 Å². The van der Waals surface area contributed by atoms with E-state index in [2.05, 4.69) is 44.3 Å². The van der Waals surface area contributed by atoms with Crippen molar-refractivity contribution in [3.63, 3.8) is 0 Å². The topological polar surface area (TPSA) is 24.5 Å². The van der Waals surface area contributed by atoms with Gasteiger partial charge in [-0.3, -0.25) is 0 Å². The standard InChI is InChI=1S/C11H28N2OSi/c1-6-14-15(4,5)11-7-8-12-9-10-13(2)3/h12H,6-11H2,1-5H3. The number of hydrogen-bond donors (Lipinski definition) is 1. The molecular formula is C11H28N2OSi. The molecule has 0 aromatic rings. The van der Waals surface area contributed by atoms with Crippen molar-refractivity contribution in [1.82, 2.24) is 10.2 Å². The maximum atomic E-state index is 5.78. The molecule has 0 saturated carbocycles. The van der Waals surface area contributed by atoms with Gasteiger partial charge in [0.2, 0.25) is 0 Å². The first-order valence-corrected chi connectivity index (χ1v) is 9.09. The highest BCUT2D eigenvalue weighted by molar-refractivity contribution is 6.71. The Morgan fingerprint density at radius 1 is 1.20 bits per heavy atom. The van der Waals surface area contributed by atoms with Crippen molar-refractivity contribution in [3.8, 4) is 0 Å².